The molecule has 0 N–H and O–H groups in total. The molecule has 3 aromatic heterocycles. The number of fused-ring (bicyclic) bond motifs is 1. The number of para-hydroxylation sites is 1. The molecule has 0 amide bonds. The normalized spacial score (nSPS) is 11.9. The first-order valence-electron chi connectivity index (χ1n) is 16.3. The lowest BCUT2D eigenvalue weighted by Gasteiger charge is -2.10. The van der Waals surface area contributed by atoms with E-state index in [1.165, 1.54) is 15.9 Å². The summed E-state index contributed by atoms with van der Waals surface area (Å²) >= 11 is 1.31. The van der Waals surface area contributed by atoms with Crippen molar-refractivity contribution >= 4 is 34.5 Å². The minimum atomic E-state index is -0.222. The van der Waals surface area contributed by atoms with Gasteiger partial charge in [0.2, 0.25) is 4.96 Å². The largest absolute Gasteiger partial charge is 0.494 e. The Morgan fingerprint density at radius 2 is 1.63 bits per heavy atom. The molecule has 7 aromatic rings. The Labute approximate surface area is 288 Å². The third-order valence-corrected chi connectivity index (χ3v) is 8.96. The quantitative estimate of drug-likeness (QED) is 0.124. The van der Waals surface area contributed by atoms with Gasteiger partial charge in [-0.05, 0) is 84.7 Å². The maximum atomic E-state index is 13.5. The zero-order valence-corrected chi connectivity index (χ0v) is 28.1. The van der Waals surface area contributed by atoms with Gasteiger partial charge in [0, 0.05) is 17.3 Å². The predicted molar refractivity (Wildman–Crippen MR) is 196 cm³/mol. The zero-order chi connectivity index (χ0) is 33.6. The molecule has 3 heterocycles. The molecular formula is C40H35N5O3S. The molecule has 0 radical (unpaired) electrons. The molecule has 0 unspecified atom stereocenters. The van der Waals surface area contributed by atoms with Gasteiger partial charge in [0.15, 0.2) is 5.82 Å². The molecule has 244 valence electrons. The molecule has 9 heteroatoms. The topological polar surface area (TPSA) is 83.5 Å². The van der Waals surface area contributed by atoms with Gasteiger partial charge in [0.1, 0.15) is 23.8 Å². The van der Waals surface area contributed by atoms with Crippen LogP contribution in [0.4, 0.5) is 0 Å². The fourth-order valence-electron chi connectivity index (χ4n) is 5.37. The van der Waals surface area contributed by atoms with Gasteiger partial charge < -0.3 is 9.47 Å². The molecule has 0 spiro atoms. The Hall–Kier alpha value is -5.80. The van der Waals surface area contributed by atoms with Gasteiger partial charge in [-0.1, -0.05) is 91.4 Å². The van der Waals surface area contributed by atoms with Gasteiger partial charge in [-0.25, -0.2) is 4.68 Å². The number of benzene rings is 4. The van der Waals surface area contributed by atoms with Crippen molar-refractivity contribution in [1.29, 1.82) is 0 Å². The monoisotopic (exact) mass is 665 g/mol. The van der Waals surface area contributed by atoms with E-state index < -0.39 is 0 Å². The van der Waals surface area contributed by atoms with Crippen LogP contribution >= 0.6 is 11.3 Å². The fraction of sp³-hybridized carbons (Fsp3) is 0.150. The van der Waals surface area contributed by atoms with Crippen molar-refractivity contribution < 1.29 is 9.47 Å². The molecule has 4 aromatic carbocycles. The number of thiazole rings is 1. The minimum absolute atomic E-state index is 0.222. The van der Waals surface area contributed by atoms with Crippen molar-refractivity contribution in [2.45, 2.75) is 33.3 Å². The standard InChI is InChI=1S/C40H35N5O3S/c1-3-4-23-47-34-19-15-29(16-20-34)17-22-37-41-40-45(42-37)39(46)36(49-40)25-32-26-44(33-13-9-6-10-14-33)43-38(32)31-18-21-35(28(2)24-31)48-27-30-11-7-5-8-12-30/h5-22,24-26H,3-4,23,27H2,1-2H3/b22-17+,36-25-. The van der Waals surface area contributed by atoms with E-state index in [0.29, 0.717) is 28.5 Å². The highest BCUT2D eigenvalue weighted by Gasteiger charge is 2.15. The van der Waals surface area contributed by atoms with Gasteiger partial charge in [0.25, 0.3) is 5.56 Å². The van der Waals surface area contributed by atoms with Crippen molar-refractivity contribution in [3.63, 3.8) is 0 Å². The Morgan fingerprint density at radius 3 is 2.37 bits per heavy atom. The Kier molecular flexibility index (Phi) is 9.43. The third-order valence-electron chi connectivity index (χ3n) is 8.01. The molecule has 49 heavy (non-hydrogen) atoms. The van der Waals surface area contributed by atoms with Gasteiger partial charge in [-0.15, -0.1) is 5.10 Å². The predicted octanol–water partition coefficient (Wildman–Crippen LogP) is 7.79. The molecule has 7 rings (SSSR count). The first-order valence-corrected chi connectivity index (χ1v) is 17.1. The Bertz CT molecular complexity index is 2330. The van der Waals surface area contributed by atoms with Gasteiger partial charge in [-0.2, -0.15) is 14.6 Å². The summed E-state index contributed by atoms with van der Waals surface area (Å²) in [6.45, 7) is 5.37. The highest BCUT2D eigenvalue weighted by Crippen LogP contribution is 2.29. The van der Waals surface area contributed by atoms with Crippen molar-refractivity contribution in [2.75, 3.05) is 6.61 Å². The fourth-order valence-corrected chi connectivity index (χ4v) is 6.27. The number of nitrogens with zero attached hydrogens (tertiary/aromatic N) is 5. The number of hydrogen-bond acceptors (Lipinski definition) is 7. The van der Waals surface area contributed by atoms with E-state index in [4.69, 9.17) is 14.6 Å². The molecule has 0 atom stereocenters. The second kappa shape index (κ2) is 14.5. The van der Waals surface area contributed by atoms with E-state index in [1.807, 2.05) is 133 Å². The van der Waals surface area contributed by atoms with E-state index in [-0.39, 0.29) is 5.56 Å². The molecular weight excluding hydrogens is 631 g/mol. The number of aryl methyl sites for hydroxylation is 1. The van der Waals surface area contributed by atoms with Crippen molar-refractivity contribution in [3.8, 4) is 28.4 Å². The second-order valence-corrected chi connectivity index (χ2v) is 12.7. The molecule has 0 fully saturated rings. The average Bonchev–Trinajstić information content (AvgIpc) is 3.82. The first-order chi connectivity index (χ1) is 24.0. The van der Waals surface area contributed by atoms with Crippen LogP contribution in [0.5, 0.6) is 11.5 Å². The maximum absolute atomic E-state index is 13.5. The van der Waals surface area contributed by atoms with Crippen LogP contribution in [0, 0.1) is 6.92 Å². The van der Waals surface area contributed by atoms with Gasteiger partial charge in [-0.3, -0.25) is 4.79 Å². The molecule has 0 saturated carbocycles. The minimum Gasteiger partial charge on any atom is -0.494 e. The zero-order valence-electron chi connectivity index (χ0n) is 27.3. The highest BCUT2D eigenvalue weighted by molar-refractivity contribution is 7.15. The molecule has 0 aliphatic heterocycles. The van der Waals surface area contributed by atoms with Crippen LogP contribution in [-0.4, -0.2) is 31.0 Å². The molecule has 0 aliphatic rings. The number of aromatic nitrogens is 5. The Morgan fingerprint density at radius 1 is 0.857 bits per heavy atom. The summed E-state index contributed by atoms with van der Waals surface area (Å²) in [5, 5.41) is 9.45. The summed E-state index contributed by atoms with van der Waals surface area (Å²) in [5.74, 6) is 2.13. The molecule has 0 bridgehead atoms. The third kappa shape index (κ3) is 7.37. The highest BCUT2D eigenvalue weighted by atomic mass is 32.1. The number of rotatable bonds is 12. The lowest BCUT2D eigenvalue weighted by Crippen LogP contribution is -2.23. The SMILES string of the molecule is CCCCOc1ccc(/C=C/c2nc3s/c(=C\c4cn(-c5ccccc5)nc4-c4ccc(OCc5ccccc5)c(C)c4)c(=O)n3n2)cc1. The average molecular weight is 666 g/mol. The van der Waals surface area contributed by atoms with Gasteiger partial charge >= 0.3 is 0 Å². The summed E-state index contributed by atoms with van der Waals surface area (Å²) in [7, 11) is 0. The van der Waals surface area contributed by atoms with Crippen LogP contribution in [0.25, 0.3) is 40.1 Å². The summed E-state index contributed by atoms with van der Waals surface area (Å²) in [4.78, 5) is 18.7. The Balaban J connectivity index is 1.17. The van der Waals surface area contributed by atoms with E-state index in [9.17, 15) is 4.79 Å². The molecule has 0 saturated heterocycles. The number of hydrogen-bond donors (Lipinski definition) is 0. The summed E-state index contributed by atoms with van der Waals surface area (Å²) in [5.41, 5.74) is 6.28. The van der Waals surface area contributed by atoms with Gasteiger partial charge in [0.05, 0.1) is 16.8 Å². The molecule has 0 aliphatic carbocycles. The lowest BCUT2D eigenvalue weighted by molar-refractivity contribution is 0.304. The van der Waals surface area contributed by atoms with Crippen LogP contribution in [-0.2, 0) is 6.61 Å². The number of unbranched alkanes of at least 4 members (excludes halogenated alkanes) is 1. The second-order valence-electron chi connectivity index (χ2n) is 11.7. The van der Waals surface area contributed by atoms with Crippen LogP contribution < -0.4 is 19.6 Å². The summed E-state index contributed by atoms with van der Waals surface area (Å²) in [6.07, 6.45) is 9.69. The van der Waals surface area contributed by atoms with E-state index in [1.54, 1.807) is 0 Å². The number of ether oxygens (including phenoxy) is 2. The summed E-state index contributed by atoms with van der Waals surface area (Å²) < 4.78 is 15.6. The van der Waals surface area contributed by atoms with Crippen molar-refractivity contribution in [3.05, 3.63) is 152 Å². The first kappa shape index (κ1) is 31.8. The summed E-state index contributed by atoms with van der Waals surface area (Å²) in [6, 6.07) is 34.0. The van der Waals surface area contributed by atoms with Crippen LogP contribution in [0.1, 0.15) is 47.8 Å². The van der Waals surface area contributed by atoms with E-state index in [0.717, 1.165) is 63.5 Å². The molecule has 8 nitrogen and oxygen atoms in total. The lowest BCUT2D eigenvalue weighted by atomic mass is 10.0. The van der Waals surface area contributed by atoms with Crippen LogP contribution in [0.15, 0.2) is 114 Å². The smallest absolute Gasteiger partial charge is 0.291 e. The van der Waals surface area contributed by atoms with E-state index in [2.05, 4.69) is 23.1 Å². The maximum Gasteiger partial charge on any atom is 0.291 e. The van der Waals surface area contributed by atoms with Crippen molar-refractivity contribution in [2.24, 2.45) is 0 Å². The van der Waals surface area contributed by atoms with Crippen molar-refractivity contribution in [1.82, 2.24) is 24.4 Å². The van der Waals surface area contributed by atoms with E-state index >= 15 is 0 Å². The van der Waals surface area contributed by atoms with Crippen LogP contribution in [0.2, 0.25) is 0 Å². The van der Waals surface area contributed by atoms with Crippen LogP contribution in [0.3, 0.4) is 0 Å².